The fourth-order valence-corrected chi connectivity index (χ4v) is 7.49. The molecule has 0 radical (unpaired) electrons. The van der Waals surface area contributed by atoms with Gasteiger partial charge in [0.15, 0.2) is 0 Å². The van der Waals surface area contributed by atoms with E-state index in [2.05, 4.69) is 45.9 Å². The van der Waals surface area contributed by atoms with Crippen molar-refractivity contribution in [2.24, 2.45) is 0 Å². The molecule has 0 aromatic rings. The number of aliphatic hydroxyl groups is 2. The highest BCUT2D eigenvalue weighted by Crippen LogP contribution is 2.57. The third-order valence-electron chi connectivity index (χ3n) is 9.22. The van der Waals surface area contributed by atoms with Crippen LogP contribution in [0.1, 0.15) is 38.5 Å². The third-order valence-corrected chi connectivity index (χ3v) is 9.22. The first-order valence-electron chi connectivity index (χ1n) is 12.7. The molecule has 7 aliphatic heterocycles. The quantitative estimate of drug-likeness (QED) is 0.528. The maximum absolute atomic E-state index is 12.6. The van der Waals surface area contributed by atoms with Crippen molar-refractivity contribution in [3.63, 3.8) is 0 Å². The smallest absolute Gasteiger partial charge is 0.296 e. The SMILES string of the molecule is C=C1N2CCCCCN3C(=C)N4CN1C1C2N2CCCCCN5C(=C)N(CN1C2=C)C4(O)C35O. The Hall–Kier alpha value is -2.72. The van der Waals surface area contributed by atoms with Crippen LogP contribution >= 0.6 is 0 Å². The summed E-state index contributed by atoms with van der Waals surface area (Å²) in [6.45, 7) is 21.7. The summed E-state index contributed by atoms with van der Waals surface area (Å²) < 4.78 is 0. The predicted molar refractivity (Wildman–Crippen MR) is 126 cm³/mol. The zero-order valence-corrected chi connectivity index (χ0v) is 19.9. The molecule has 0 spiro atoms. The first-order chi connectivity index (χ1) is 16.3. The Balaban J connectivity index is 1.50. The van der Waals surface area contributed by atoms with E-state index in [0.29, 0.717) is 38.1 Å². The molecule has 0 aromatic heterocycles. The van der Waals surface area contributed by atoms with Gasteiger partial charge in [0.25, 0.3) is 11.7 Å². The summed E-state index contributed by atoms with van der Waals surface area (Å²) in [4.78, 5) is 17.0. The maximum Gasteiger partial charge on any atom is 0.296 e. The van der Waals surface area contributed by atoms with E-state index in [1.54, 1.807) is 0 Å². The molecule has 0 saturated carbocycles. The van der Waals surface area contributed by atoms with Crippen LogP contribution in [0.15, 0.2) is 49.6 Å². The van der Waals surface area contributed by atoms with E-state index in [1.165, 1.54) is 0 Å². The first kappa shape index (κ1) is 20.6. The van der Waals surface area contributed by atoms with Gasteiger partial charge in [0.1, 0.15) is 35.6 Å². The Labute approximate surface area is 201 Å². The minimum atomic E-state index is -1.73. The van der Waals surface area contributed by atoms with Crippen LogP contribution in [0.2, 0.25) is 0 Å². The molecule has 0 atom stereocenters. The van der Waals surface area contributed by atoms with Crippen molar-refractivity contribution in [2.45, 2.75) is 62.6 Å². The zero-order valence-electron chi connectivity index (χ0n) is 19.9. The van der Waals surface area contributed by atoms with Crippen molar-refractivity contribution in [3.8, 4) is 0 Å². The number of rotatable bonds is 0. The second-order valence-electron chi connectivity index (χ2n) is 10.7. The average molecular weight is 469 g/mol. The van der Waals surface area contributed by atoms with Crippen molar-refractivity contribution in [2.75, 3.05) is 39.5 Å². The van der Waals surface area contributed by atoms with Gasteiger partial charge in [-0.1, -0.05) is 26.3 Å². The van der Waals surface area contributed by atoms with Crippen LogP contribution in [0.3, 0.4) is 0 Å². The van der Waals surface area contributed by atoms with Crippen LogP contribution in [0, 0.1) is 0 Å². The van der Waals surface area contributed by atoms with E-state index < -0.39 is 11.7 Å². The number of hydrogen-bond acceptors (Lipinski definition) is 10. The Morgan fingerprint density at radius 1 is 0.500 bits per heavy atom. The molecule has 34 heavy (non-hydrogen) atoms. The van der Waals surface area contributed by atoms with Gasteiger partial charge in [-0.15, -0.1) is 0 Å². The molecule has 2 N–H and O–H groups in total. The highest BCUT2D eigenvalue weighted by Gasteiger charge is 2.77. The van der Waals surface area contributed by atoms with Crippen LogP contribution in [-0.4, -0.2) is 113 Å². The van der Waals surface area contributed by atoms with E-state index in [4.69, 9.17) is 0 Å². The lowest BCUT2D eigenvalue weighted by molar-refractivity contribution is -0.308. The molecule has 8 bridgehead atoms. The van der Waals surface area contributed by atoms with Gasteiger partial charge in [0.2, 0.25) is 0 Å². The van der Waals surface area contributed by atoms with E-state index in [1.807, 2.05) is 19.6 Å². The summed E-state index contributed by atoms with van der Waals surface area (Å²) in [5, 5.41) is 25.1. The molecule has 7 fully saturated rings. The average Bonchev–Trinajstić information content (AvgIpc) is 3.31. The Morgan fingerprint density at radius 2 is 0.882 bits per heavy atom. The lowest BCUT2D eigenvalue weighted by Gasteiger charge is -2.49. The standard InChI is InChI=1S/C24H36N8O2/c1-17-25-11-7-5-9-13-29-19(3)31-15-27(17)22-21(25)26-12-8-6-10-14-30-20(4)32(16-28(22)18(26)2)24(31,34)23(29,30)33/h21-22,33-34H,1-16H2. The van der Waals surface area contributed by atoms with Crippen molar-refractivity contribution in [1.82, 2.24) is 39.2 Å². The Morgan fingerprint density at radius 3 is 1.35 bits per heavy atom. The summed E-state index contributed by atoms with van der Waals surface area (Å²) in [6.07, 6.45) is 6.10. The molecular weight excluding hydrogens is 432 g/mol. The molecule has 0 aliphatic carbocycles. The fourth-order valence-electron chi connectivity index (χ4n) is 7.49. The number of hydrogen-bond donors (Lipinski definition) is 2. The molecule has 184 valence electrons. The van der Waals surface area contributed by atoms with Gasteiger partial charge >= 0.3 is 0 Å². The summed E-state index contributed by atoms with van der Waals surface area (Å²) in [6, 6.07) is 0. The second-order valence-corrected chi connectivity index (χ2v) is 10.7. The Kier molecular flexibility index (Phi) is 3.93. The zero-order chi connectivity index (χ0) is 23.6. The van der Waals surface area contributed by atoms with Gasteiger partial charge < -0.3 is 39.6 Å². The molecule has 10 nitrogen and oxygen atoms in total. The van der Waals surface area contributed by atoms with Crippen LogP contribution < -0.4 is 0 Å². The summed E-state index contributed by atoms with van der Waals surface area (Å²) in [5.74, 6) is -0.176. The molecule has 0 aromatic carbocycles. The molecule has 10 heteroatoms. The largest absolute Gasteiger partial charge is 0.348 e. The van der Waals surface area contributed by atoms with Gasteiger partial charge in [0, 0.05) is 26.2 Å². The van der Waals surface area contributed by atoms with Crippen molar-refractivity contribution in [3.05, 3.63) is 49.6 Å². The van der Waals surface area contributed by atoms with Gasteiger partial charge in [-0.2, -0.15) is 0 Å². The fraction of sp³-hybridized carbons (Fsp3) is 0.667. The lowest BCUT2D eigenvalue weighted by atomic mass is 10.1. The molecule has 7 saturated heterocycles. The second kappa shape index (κ2) is 6.48. The van der Waals surface area contributed by atoms with Crippen LogP contribution in [-0.2, 0) is 0 Å². The number of fused-ring (bicyclic) bond motifs is 8. The molecule has 0 amide bonds. The monoisotopic (exact) mass is 468 g/mol. The van der Waals surface area contributed by atoms with Crippen LogP contribution in [0.25, 0.3) is 0 Å². The van der Waals surface area contributed by atoms with Gasteiger partial charge in [-0.3, -0.25) is 9.80 Å². The van der Waals surface area contributed by atoms with E-state index >= 15 is 0 Å². The predicted octanol–water partition coefficient (Wildman–Crippen LogP) is 0.582. The summed E-state index contributed by atoms with van der Waals surface area (Å²) in [5.41, 5.74) is 0. The lowest BCUT2D eigenvalue weighted by Crippen LogP contribution is -2.71. The normalized spacial score (nSPS) is 39.2. The molecule has 7 heterocycles. The van der Waals surface area contributed by atoms with Crippen LogP contribution in [0.4, 0.5) is 0 Å². The van der Waals surface area contributed by atoms with Crippen molar-refractivity contribution < 1.29 is 10.2 Å². The van der Waals surface area contributed by atoms with Gasteiger partial charge in [0.05, 0.1) is 13.3 Å². The summed E-state index contributed by atoms with van der Waals surface area (Å²) >= 11 is 0. The van der Waals surface area contributed by atoms with Crippen LogP contribution in [0.5, 0.6) is 0 Å². The number of nitrogens with zero attached hydrogens (tertiary/aromatic N) is 8. The molecule has 7 aliphatic rings. The molecule has 7 rings (SSSR count). The first-order valence-corrected chi connectivity index (χ1v) is 12.7. The minimum Gasteiger partial charge on any atom is -0.348 e. The summed E-state index contributed by atoms with van der Waals surface area (Å²) in [7, 11) is 0. The minimum absolute atomic E-state index is 0.0165. The van der Waals surface area contributed by atoms with Crippen molar-refractivity contribution >= 4 is 0 Å². The van der Waals surface area contributed by atoms with Crippen molar-refractivity contribution in [1.29, 1.82) is 0 Å². The highest BCUT2D eigenvalue weighted by molar-refractivity contribution is 5.30. The third kappa shape index (κ3) is 2.07. The topological polar surface area (TPSA) is 66.4 Å². The highest BCUT2D eigenvalue weighted by atomic mass is 16.4. The maximum atomic E-state index is 12.6. The van der Waals surface area contributed by atoms with E-state index in [-0.39, 0.29) is 12.3 Å². The van der Waals surface area contributed by atoms with Gasteiger partial charge in [-0.05, 0) is 38.5 Å². The van der Waals surface area contributed by atoms with E-state index in [0.717, 1.165) is 63.3 Å². The Bertz CT molecular complexity index is 929. The molecular formula is C24H36N8O2. The van der Waals surface area contributed by atoms with Gasteiger partial charge in [-0.25, -0.2) is 0 Å². The molecule has 0 unspecified atom stereocenters. The van der Waals surface area contributed by atoms with E-state index in [9.17, 15) is 10.2 Å².